The number of nitrogens with zero attached hydrogens (tertiary/aromatic N) is 3. The first kappa shape index (κ1) is 22.0. The fraction of sp³-hybridized carbons (Fsp3) is 0.143. The van der Waals surface area contributed by atoms with Gasteiger partial charge in [-0.15, -0.1) is 10.2 Å². The molecule has 0 unspecified atom stereocenters. The zero-order chi connectivity index (χ0) is 22.0. The molecule has 0 aliphatic heterocycles. The Balaban J connectivity index is 1.62. The minimum absolute atomic E-state index is 0.0292. The summed E-state index contributed by atoms with van der Waals surface area (Å²) < 4.78 is 32.9. The van der Waals surface area contributed by atoms with E-state index in [-0.39, 0.29) is 21.4 Å². The summed E-state index contributed by atoms with van der Waals surface area (Å²) >= 11 is 13.3. The molecule has 0 saturated carbocycles. The summed E-state index contributed by atoms with van der Waals surface area (Å²) in [6.45, 7) is 1.85. The van der Waals surface area contributed by atoms with Crippen LogP contribution in [0.2, 0.25) is 10.0 Å². The minimum atomic E-state index is -3.61. The summed E-state index contributed by atoms with van der Waals surface area (Å²) in [6, 6.07) is 15.9. The molecule has 4 aromatic rings. The molecule has 0 fully saturated rings. The van der Waals surface area contributed by atoms with Gasteiger partial charge in [0.05, 0.1) is 27.5 Å². The van der Waals surface area contributed by atoms with Gasteiger partial charge in [-0.3, -0.25) is 4.57 Å². The maximum atomic E-state index is 12.8. The van der Waals surface area contributed by atoms with Crippen LogP contribution in [0.1, 0.15) is 5.76 Å². The number of hydrogen-bond acceptors (Lipinski definition) is 6. The van der Waals surface area contributed by atoms with Gasteiger partial charge >= 0.3 is 0 Å². The monoisotopic (exact) mass is 493 g/mol. The lowest BCUT2D eigenvalue weighted by molar-refractivity contribution is 0.535. The summed E-state index contributed by atoms with van der Waals surface area (Å²) in [5.41, 5.74) is 1.69. The second-order valence-electron chi connectivity index (χ2n) is 6.61. The van der Waals surface area contributed by atoms with Crippen LogP contribution in [0.3, 0.4) is 0 Å². The smallest absolute Gasteiger partial charge is 0.196 e. The van der Waals surface area contributed by atoms with Crippen LogP contribution in [0, 0.1) is 6.92 Å². The Bertz CT molecular complexity index is 1320. The third-order valence-corrected chi connectivity index (χ3v) is 8.17. The van der Waals surface area contributed by atoms with Gasteiger partial charge in [-0.05, 0) is 43.3 Å². The van der Waals surface area contributed by atoms with E-state index in [0.29, 0.717) is 16.0 Å². The zero-order valence-corrected chi connectivity index (χ0v) is 19.5. The molecule has 10 heteroatoms. The molecule has 0 saturated heterocycles. The molecule has 6 nitrogen and oxygen atoms in total. The van der Waals surface area contributed by atoms with Crippen LogP contribution in [0.25, 0.3) is 17.1 Å². The molecule has 2 heterocycles. The molecule has 0 bridgehead atoms. The highest BCUT2D eigenvalue weighted by Gasteiger charge is 2.22. The Morgan fingerprint density at radius 1 is 1.06 bits per heavy atom. The van der Waals surface area contributed by atoms with Crippen molar-refractivity contribution < 1.29 is 12.8 Å². The van der Waals surface area contributed by atoms with E-state index in [2.05, 4.69) is 10.2 Å². The molecule has 0 atom stereocenters. The van der Waals surface area contributed by atoms with E-state index in [9.17, 15) is 8.42 Å². The summed E-state index contributed by atoms with van der Waals surface area (Å²) in [4.78, 5) is 0.0292. The molecule has 0 spiro atoms. The molecule has 0 aliphatic rings. The Morgan fingerprint density at radius 2 is 1.84 bits per heavy atom. The average molecular weight is 494 g/mol. The number of halogens is 2. The fourth-order valence-corrected chi connectivity index (χ4v) is 6.44. The first-order valence-electron chi connectivity index (χ1n) is 9.23. The minimum Gasteiger partial charge on any atom is -0.469 e. The van der Waals surface area contributed by atoms with Gasteiger partial charge in [0.2, 0.25) is 0 Å². The largest absolute Gasteiger partial charge is 0.469 e. The Kier molecular flexibility index (Phi) is 6.43. The Morgan fingerprint density at radius 3 is 2.55 bits per heavy atom. The highest BCUT2D eigenvalue weighted by Crippen LogP contribution is 2.31. The predicted molar refractivity (Wildman–Crippen MR) is 123 cm³/mol. The van der Waals surface area contributed by atoms with E-state index in [1.165, 1.54) is 23.9 Å². The van der Waals surface area contributed by atoms with Crippen molar-refractivity contribution >= 4 is 44.8 Å². The van der Waals surface area contributed by atoms with Crippen LogP contribution >= 0.6 is 35.0 Å². The van der Waals surface area contributed by atoms with Gasteiger partial charge in [-0.25, -0.2) is 8.42 Å². The summed E-state index contributed by atoms with van der Waals surface area (Å²) in [6.07, 6.45) is 1.60. The molecule has 0 aliphatic carbocycles. The number of aromatic nitrogens is 3. The molecule has 0 radical (unpaired) electrons. The lowest BCUT2D eigenvalue weighted by atomic mass is 10.2. The third kappa shape index (κ3) is 4.67. The molecular weight excluding hydrogens is 477 g/mol. The molecule has 4 rings (SSSR count). The number of thioether (sulfide) groups is 1. The predicted octanol–water partition coefficient (Wildman–Crippen LogP) is 5.71. The van der Waals surface area contributed by atoms with Gasteiger partial charge in [-0.2, -0.15) is 0 Å². The van der Waals surface area contributed by atoms with E-state index in [4.69, 9.17) is 27.6 Å². The van der Waals surface area contributed by atoms with Crippen molar-refractivity contribution in [3.05, 3.63) is 76.7 Å². The lowest BCUT2D eigenvalue weighted by Crippen LogP contribution is -2.10. The molecule has 0 amide bonds. The van der Waals surface area contributed by atoms with E-state index in [1.807, 2.05) is 47.9 Å². The summed E-state index contributed by atoms with van der Waals surface area (Å²) in [5, 5.41) is 9.69. The SMILES string of the molecule is Cc1occc1-c1nnc(SCCS(=O)(=O)c2cc(Cl)ccc2Cl)n1-c1ccccc1. The number of benzene rings is 2. The standard InChI is InChI=1S/C21H17Cl2N3O3S2/c1-14-17(9-10-29-14)20-24-25-21(26(20)16-5-3-2-4-6-16)30-11-12-31(27,28)19-13-15(22)7-8-18(19)23/h2-10,13H,11-12H2,1H3. The van der Waals surface area contributed by atoms with Gasteiger partial charge in [0.15, 0.2) is 20.8 Å². The van der Waals surface area contributed by atoms with Crippen molar-refractivity contribution in [1.82, 2.24) is 14.8 Å². The summed E-state index contributed by atoms with van der Waals surface area (Å²) in [5.74, 6) is 1.49. The van der Waals surface area contributed by atoms with Gasteiger partial charge in [0, 0.05) is 16.5 Å². The van der Waals surface area contributed by atoms with Crippen LogP contribution in [-0.4, -0.2) is 34.7 Å². The Hall–Kier alpha value is -2.26. The highest BCUT2D eigenvalue weighted by molar-refractivity contribution is 8.00. The van der Waals surface area contributed by atoms with Gasteiger partial charge in [0.25, 0.3) is 0 Å². The van der Waals surface area contributed by atoms with Crippen LogP contribution < -0.4 is 0 Å². The molecular formula is C21H17Cl2N3O3S2. The molecule has 31 heavy (non-hydrogen) atoms. The van der Waals surface area contributed by atoms with Crippen LogP contribution in [-0.2, 0) is 9.84 Å². The molecule has 160 valence electrons. The van der Waals surface area contributed by atoms with Gasteiger partial charge in [-0.1, -0.05) is 53.2 Å². The number of furan rings is 1. The number of aryl methyl sites for hydroxylation is 1. The first-order valence-corrected chi connectivity index (χ1v) is 12.6. The zero-order valence-electron chi connectivity index (χ0n) is 16.3. The Labute approximate surface area is 194 Å². The van der Waals surface area contributed by atoms with Crippen LogP contribution in [0.4, 0.5) is 0 Å². The number of hydrogen-bond donors (Lipinski definition) is 0. The topological polar surface area (TPSA) is 78.0 Å². The van der Waals surface area contributed by atoms with Gasteiger partial charge in [0.1, 0.15) is 5.76 Å². The van der Waals surface area contributed by atoms with Crippen molar-refractivity contribution in [2.24, 2.45) is 0 Å². The maximum absolute atomic E-state index is 12.8. The second kappa shape index (κ2) is 9.08. The molecule has 2 aromatic carbocycles. The van der Waals surface area contributed by atoms with E-state index in [1.54, 1.807) is 12.3 Å². The third-order valence-electron chi connectivity index (χ3n) is 4.56. The fourth-order valence-electron chi connectivity index (χ4n) is 3.03. The van der Waals surface area contributed by atoms with Crippen molar-refractivity contribution in [1.29, 1.82) is 0 Å². The molecule has 2 aromatic heterocycles. The molecule has 0 N–H and O–H groups in total. The van der Waals surface area contributed by atoms with Crippen LogP contribution in [0.5, 0.6) is 0 Å². The van der Waals surface area contributed by atoms with Crippen LogP contribution in [0.15, 0.2) is 75.3 Å². The van der Waals surface area contributed by atoms with Crippen molar-refractivity contribution in [2.45, 2.75) is 17.0 Å². The quantitative estimate of drug-likeness (QED) is 0.307. The second-order valence-corrected chi connectivity index (χ2v) is 10.6. The van der Waals surface area contributed by atoms with Crippen molar-refractivity contribution in [2.75, 3.05) is 11.5 Å². The average Bonchev–Trinajstić information content (AvgIpc) is 3.36. The van der Waals surface area contributed by atoms with E-state index in [0.717, 1.165) is 17.0 Å². The van der Waals surface area contributed by atoms with E-state index < -0.39 is 9.84 Å². The lowest BCUT2D eigenvalue weighted by Gasteiger charge is -2.10. The number of rotatable bonds is 7. The summed E-state index contributed by atoms with van der Waals surface area (Å²) in [7, 11) is -3.61. The normalized spacial score (nSPS) is 11.7. The van der Waals surface area contributed by atoms with Crippen molar-refractivity contribution in [3.63, 3.8) is 0 Å². The maximum Gasteiger partial charge on any atom is 0.196 e. The van der Waals surface area contributed by atoms with Gasteiger partial charge < -0.3 is 4.42 Å². The van der Waals surface area contributed by atoms with E-state index >= 15 is 0 Å². The highest BCUT2D eigenvalue weighted by atomic mass is 35.5. The van der Waals surface area contributed by atoms with Crippen molar-refractivity contribution in [3.8, 4) is 17.1 Å². The first-order chi connectivity index (χ1) is 14.9. The number of sulfone groups is 1. The number of para-hydroxylation sites is 1.